The Morgan fingerprint density at radius 3 is 1.68 bits per heavy atom. The summed E-state index contributed by atoms with van der Waals surface area (Å²) in [5, 5.41) is 9.29. The van der Waals surface area contributed by atoms with Crippen LogP contribution in [0, 0.1) is 0 Å². The zero-order chi connectivity index (χ0) is 13.2. The molecule has 19 heavy (non-hydrogen) atoms. The van der Waals surface area contributed by atoms with Gasteiger partial charge in [0.2, 0.25) is 0 Å². The van der Waals surface area contributed by atoms with Crippen molar-refractivity contribution < 1.29 is 5.11 Å². The van der Waals surface area contributed by atoms with Gasteiger partial charge in [0.15, 0.2) is 0 Å². The SMILES string of the molecule is Nc1ccc(-c2ccc(-c3ccc(O)cc3)[nH]2)cc1. The van der Waals surface area contributed by atoms with Crippen molar-refractivity contribution in [2.75, 3.05) is 5.73 Å². The molecule has 0 aliphatic carbocycles. The van der Waals surface area contributed by atoms with Crippen LogP contribution in [0.15, 0.2) is 60.7 Å². The molecule has 1 aromatic heterocycles. The highest BCUT2D eigenvalue weighted by atomic mass is 16.3. The van der Waals surface area contributed by atoms with Gasteiger partial charge in [-0.3, -0.25) is 0 Å². The van der Waals surface area contributed by atoms with Crippen molar-refractivity contribution in [2.45, 2.75) is 0 Å². The first-order chi connectivity index (χ1) is 9.22. The fourth-order valence-electron chi connectivity index (χ4n) is 2.04. The van der Waals surface area contributed by atoms with Crippen molar-refractivity contribution in [2.24, 2.45) is 0 Å². The summed E-state index contributed by atoms with van der Waals surface area (Å²) in [6.07, 6.45) is 0. The number of rotatable bonds is 2. The van der Waals surface area contributed by atoms with Crippen molar-refractivity contribution >= 4 is 5.69 Å². The van der Waals surface area contributed by atoms with Crippen molar-refractivity contribution in [1.29, 1.82) is 0 Å². The van der Waals surface area contributed by atoms with Crippen LogP contribution >= 0.6 is 0 Å². The number of phenols is 1. The van der Waals surface area contributed by atoms with Crippen molar-refractivity contribution in [3.63, 3.8) is 0 Å². The van der Waals surface area contributed by atoms with Gasteiger partial charge in [-0.15, -0.1) is 0 Å². The minimum absolute atomic E-state index is 0.272. The van der Waals surface area contributed by atoms with E-state index in [0.29, 0.717) is 0 Å². The van der Waals surface area contributed by atoms with Gasteiger partial charge in [-0.05, 0) is 59.7 Å². The third-order valence-corrected chi connectivity index (χ3v) is 3.09. The summed E-state index contributed by atoms with van der Waals surface area (Å²) in [6.45, 7) is 0. The molecule has 3 heteroatoms. The highest BCUT2D eigenvalue weighted by Crippen LogP contribution is 2.26. The largest absolute Gasteiger partial charge is 0.508 e. The van der Waals surface area contributed by atoms with Gasteiger partial charge in [-0.25, -0.2) is 0 Å². The zero-order valence-electron chi connectivity index (χ0n) is 10.3. The van der Waals surface area contributed by atoms with E-state index < -0.39 is 0 Å². The van der Waals surface area contributed by atoms with E-state index in [2.05, 4.69) is 4.98 Å². The average molecular weight is 250 g/mol. The summed E-state index contributed by atoms with van der Waals surface area (Å²) in [5.74, 6) is 0.272. The van der Waals surface area contributed by atoms with Crippen LogP contribution in [0.1, 0.15) is 0 Å². The van der Waals surface area contributed by atoms with Crippen molar-refractivity contribution in [1.82, 2.24) is 4.98 Å². The fraction of sp³-hybridized carbons (Fsp3) is 0. The third kappa shape index (κ3) is 2.31. The van der Waals surface area contributed by atoms with Crippen LogP contribution in [0.3, 0.4) is 0 Å². The fourth-order valence-corrected chi connectivity index (χ4v) is 2.04. The Labute approximate surface area is 111 Å². The molecule has 0 spiro atoms. The number of aromatic nitrogens is 1. The van der Waals surface area contributed by atoms with E-state index in [-0.39, 0.29) is 5.75 Å². The lowest BCUT2D eigenvalue weighted by Gasteiger charge is -2.01. The minimum atomic E-state index is 0.272. The zero-order valence-corrected chi connectivity index (χ0v) is 10.3. The van der Waals surface area contributed by atoms with Crippen molar-refractivity contribution in [3.8, 4) is 28.3 Å². The summed E-state index contributed by atoms with van der Waals surface area (Å²) in [4.78, 5) is 3.36. The molecule has 3 nitrogen and oxygen atoms in total. The van der Waals surface area contributed by atoms with Gasteiger partial charge < -0.3 is 15.8 Å². The lowest BCUT2D eigenvalue weighted by atomic mass is 10.1. The molecule has 0 bridgehead atoms. The lowest BCUT2D eigenvalue weighted by molar-refractivity contribution is 0.475. The van der Waals surface area contributed by atoms with Gasteiger partial charge in [0.05, 0.1) is 0 Å². The summed E-state index contributed by atoms with van der Waals surface area (Å²) < 4.78 is 0. The van der Waals surface area contributed by atoms with E-state index in [4.69, 9.17) is 5.73 Å². The molecule has 0 amide bonds. The first-order valence-corrected chi connectivity index (χ1v) is 6.07. The lowest BCUT2D eigenvalue weighted by Crippen LogP contribution is -1.84. The van der Waals surface area contributed by atoms with Gasteiger partial charge in [0, 0.05) is 17.1 Å². The summed E-state index contributed by atoms with van der Waals surface area (Å²) in [6, 6.07) is 18.9. The van der Waals surface area contributed by atoms with Crippen LogP contribution in [0.2, 0.25) is 0 Å². The Bertz CT molecular complexity index is 622. The minimum Gasteiger partial charge on any atom is -0.508 e. The summed E-state index contributed by atoms with van der Waals surface area (Å²) in [7, 11) is 0. The van der Waals surface area contributed by atoms with Crippen LogP contribution in [-0.2, 0) is 0 Å². The Balaban J connectivity index is 1.95. The van der Waals surface area contributed by atoms with E-state index >= 15 is 0 Å². The molecule has 1 heterocycles. The first-order valence-electron chi connectivity index (χ1n) is 6.07. The van der Waals surface area contributed by atoms with Crippen LogP contribution in [-0.4, -0.2) is 10.1 Å². The number of nitrogen functional groups attached to an aromatic ring is 1. The molecule has 3 rings (SSSR count). The number of aromatic amines is 1. The molecule has 0 aliphatic heterocycles. The molecule has 0 radical (unpaired) electrons. The Kier molecular flexibility index (Phi) is 2.72. The standard InChI is InChI=1S/C16H14N2O/c17-13-5-1-11(2-6-13)15-9-10-16(18-15)12-3-7-14(19)8-4-12/h1-10,18-19H,17H2. The Morgan fingerprint density at radius 1 is 0.684 bits per heavy atom. The van der Waals surface area contributed by atoms with E-state index in [1.807, 2.05) is 48.5 Å². The molecule has 0 unspecified atom stereocenters. The van der Waals surface area contributed by atoms with Crippen LogP contribution in [0.25, 0.3) is 22.5 Å². The van der Waals surface area contributed by atoms with Crippen LogP contribution in [0.5, 0.6) is 5.75 Å². The molecule has 0 saturated carbocycles. The molecule has 2 aromatic carbocycles. The second kappa shape index (κ2) is 4.53. The highest BCUT2D eigenvalue weighted by molar-refractivity contribution is 5.69. The van der Waals surface area contributed by atoms with E-state index in [0.717, 1.165) is 28.2 Å². The van der Waals surface area contributed by atoms with E-state index in [1.54, 1.807) is 12.1 Å². The quantitative estimate of drug-likeness (QED) is 0.608. The maximum absolute atomic E-state index is 9.29. The van der Waals surface area contributed by atoms with Gasteiger partial charge >= 0.3 is 0 Å². The molecule has 0 fully saturated rings. The van der Waals surface area contributed by atoms with Gasteiger partial charge in [-0.1, -0.05) is 12.1 Å². The van der Waals surface area contributed by atoms with Gasteiger partial charge in [0.1, 0.15) is 5.75 Å². The molecule has 0 saturated heterocycles. The van der Waals surface area contributed by atoms with E-state index in [9.17, 15) is 5.11 Å². The number of aromatic hydroxyl groups is 1. The number of phenolic OH excluding ortho intramolecular Hbond substituents is 1. The van der Waals surface area contributed by atoms with Crippen LogP contribution < -0.4 is 5.73 Å². The molecular weight excluding hydrogens is 236 g/mol. The number of hydrogen-bond acceptors (Lipinski definition) is 2. The number of anilines is 1. The number of H-pyrrole nitrogens is 1. The number of hydrogen-bond donors (Lipinski definition) is 3. The average Bonchev–Trinajstić information content (AvgIpc) is 2.90. The van der Waals surface area contributed by atoms with Crippen LogP contribution in [0.4, 0.5) is 5.69 Å². The molecule has 0 atom stereocenters. The first kappa shape index (κ1) is 11.4. The second-order valence-electron chi connectivity index (χ2n) is 4.45. The normalized spacial score (nSPS) is 10.5. The predicted octanol–water partition coefficient (Wildman–Crippen LogP) is 3.64. The molecule has 3 aromatic rings. The number of nitrogens with one attached hydrogen (secondary N) is 1. The Hall–Kier alpha value is -2.68. The molecule has 4 N–H and O–H groups in total. The molecule has 94 valence electrons. The maximum atomic E-state index is 9.29. The van der Waals surface area contributed by atoms with E-state index in [1.165, 1.54) is 0 Å². The topological polar surface area (TPSA) is 62.0 Å². The molecule has 0 aliphatic rings. The summed E-state index contributed by atoms with van der Waals surface area (Å²) in [5.41, 5.74) is 10.6. The predicted molar refractivity (Wildman–Crippen MR) is 77.7 cm³/mol. The monoisotopic (exact) mass is 250 g/mol. The highest BCUT2D eigenvalue weighted by Gasteiger charge is 2.03. The third-order valence-electron chi connectivity index (χ3n) is 3.09. The maximum Gasteiger partial charge on any atom is 0.115 e. The summed E-state index contributed by atoms with van der Waals surface area (Å²) >= 11 is 0. The van der Waals surface area contributed by atoms with Gasteiger partial charge in [0.25, 0.3) is 0 Å². The second-order valence-corrected chi connectivity index (χ2v) is 4.45. The van der Waals surface area contributed by atoms with Crippen molar-refractivity contribution in [3.05, 3.63) is 60.7 Å². The number of benzene rings is 2. The Morgan fingerprint density at radius 2 is 1.16 bits per heavy atom. The van der Waals surface area contributed by atoms with Gasteiger partial charge in [-0.2, -0.15) is 0 Å². The number of nitrogens with two attached hydrogens (primary N) is 1. The molecular formula is C16H14N2O. The smallest absolute Gasteiger partial charge is 0.115 e.